The van der Waals surface area contributed by atoms with Crippen molar-refractivity contribution in [1.29, 1.82) is 0 Å². The summed E-state index contributed by atoms with van der Waals surface area (Å²) in [5.74, 6) is -0.407. The molecule has 0 radical (unpaired) electrons. The zero-order valence-electron chi connectivity index (χ0n) is 10.9. The van der Waals surface area contributed by atoms with E-state index in [9.17, 15) is 4.39 Å². The summed E-state index contributed by atoms with van der Waals surface area (Å²) in [5, 5.41) is 3.39. The van der Waals surface area contributed by atoms with Crippen LogP contribution in [0.25, 0.3) is 0 Å². The van der Waals surface area contributed by atoms with Crippen LogP contribution in [0, 0.1) is 5.82 Å². The van der Waals surface area contributed by atoms with Crippen LogP contribution in [-0.2, 0) is 15.9 Å². The Morgan fingerprint density at radius 3 is 2.50 bits per heavy atom. The van der Waals surface area contributed by atoms with E-state index in [1.54, 1.807) is 26.4 Å². The van der Waals surface area contributed by atoms with Gasteiger partial charge in [-0.05, 0) is 30.7 Å². The van der Waals surface area contributed by atoms with Gasteiger partial charge in [-0.2, -0.15) is 0 Å². The van der Waals surface area contributed by atoms with Crippen LogP contribution in [0.2, 0.25) is 5.02 Å². The summed E-state index contributed by atoms with van der Waals surface area (Å²) in [6, 6.07) is 4.77. The van der Waals surface area contributed by atoms with Crippen molar-refractivity contribution >= 4 is 11.6 Å². The molecular weight excluding hydrogens is 257 g/mol. The van der Waals surface area contributed by atoms with Crippen LogP contribution < -0.4 is 5.32 Å². The highest BCUT2D eigenvalue weighted by Crippen LogP contribution is 2.17. The lowest BCUT2D eigenvalue weighted by Gasteiger charge is -2.25. The van der Waals surface area contributed by atoms with Gasteiger partial charge in [-0.3, -0.25) is 0 Å². The van der Waals surface area contributed by atoms with E-state index in [1.165, 1.54) is 6.07 Å². The van der Waals surface area contributed by atoms with Crippen molar-refractivity contribution in [3.63, 3.8) is 0 Å². The Morgan fingerprint density at radius 2 is 2.00 bits per heavy atom. The Hall–Kier alpha value is -0.680. The number of halogens is 2. The number of nitrogens with one attached hydrogen (secondary N) is 1. The molecule has 0 heterocycles. The number of ether oxygens (including phenoxy) is 2. The molecule has 0 saturated heterocycles. The Balaban J connectivity index is 2.78. The SMILES string of the molecule is CCNC(Cc1ccc(Cl)c(F)c1)C(OC)OC. The molecule has 0 aromatic heterocycles. The summed E-state index contributed by atoms with van der Waals surface area (Å²) < 4.78 is 23.8. The summed E-state index contributed by atoms with van der Waals surface area (Å²) in [6.07, 6.45) is 0.234. The van der Waals surface area contributed by atoms with Gasteiger partial charge in [-0.25, -0.2) is 4.39 Å². The number of hydrogen-bond donors (Lipinski definition) is 1. The van der Waals surface area contributed by atoms with E-state index in [-0.39, 0.29) is 17.4 Å². The van der Waals surface area contributed by atoms with E-state index >= 15 is 0 Å². The Kier molecular flexibility index (Phi) is 6.57. The van der Waals surface area contributed by atoms with Gasteiger partial charge in [-0.1, -0.05) is 24.6 Å². The molecule has 0 aliphatic rings. The molecule has 0 aliphatic heterocycles. The minimum Gasteiger partial charge on any atom is -0.354 e. The van der Waals surface area contributed by atoms with Crippen molar-refractivity contribution in [3.05, 3.63) is 34.6 Å². The predicted molar refractivity (Wildman–Crippen MR) is 70.4 cm³/mol. The first-order chi connectivity index (χ1) is 8.62. The molecule has 1 aromatic carbocycles. The highest BCUT2D eigenvalue weighted by Gasteiger charge is 2.20. The Labute approximate surface area is 112 Å². The minimum atomic E-state index is -0.407. The van der Waals surface area contributed by atoms with Gasteiger partial charge in [-0.15, -0.1) is 0 Å². The average molecular weight is 276 g/mol. The molecule has 5 heteroatoms. The van der Waals surface area contributed by atoms with Crippen molar-refractivity contribution in [2.45, 2.75) is 25.7 Å². The molecule has 1 aromatic rings. The first kappa shape index (κ1) is 15.4. The Bertz CT molecular complexity index is 372. The van der Waals surface area contributed by atoms with Crippen LogP contribution in [0.5, 0.6) is 0 Å². The molecule has 1 N–H and O–H groups in total. The summed E-state index contributed by atoms with van der Waals surface area (Å²) in [7, 11) is 3.17. The largest absolute Gasteiger partial charge is 0.354 e. The fourth-order valence-corrected chi connectivity index (χ4v) is 1.99. The second kappa shape index (κ2) is 7.69. The fourth-order valence-electron chi connectivity index (χ4n) is 1.87. The van der Waals surface area contributed by atoms with Gasteiger partial charge in [0.1, 0.15) is 5.82 Å². The number of methoxy groups -OCH3 is 2. The van der Waals surface area contributed by atoms with Crippen LogP contribution in [0.15, 0.2) is 18.2 Å². The van der Waals surface area contributed by atoms with Gasteiger partial charge in [0.05, 0.1) is 11.1 Å². The van der Waals surface area contributed by atoms with Crippen LogP contribution in [0.4, 0.5) is 4.39 Å². The lowest BCUT2D eigenvalue weighted by molar-refractivity contribution is -0.122. The molecule has 1 unspecified atom stereocenters. The summed E-state index contributed by atoms with van der Waals surface area (Å²) in [4.78, 5) is 0. The molecule has 0 aliphatic carbocycles. The van der Waals surface area contributed by atoms with Gasteiger partial charge in [0.2, 0.25) is 0 Å². The second-order valence-corrected chi connectivity index (χ2v) is 4.36. The van der Waals surface area contributed by atoms with Crippen molar-refractivity contribution < 1.29 is 13.9 Å². The third kappa shape index (κ3) is 4.21. The lowest BCUT2D eigenvalue weighted by Crippen LogP contribution is -2.43. The molecule has 0 bridgehead atoms. The molecule has 1 rings (SSSR count). The topological polar surface area (TPSA) is 30.5 Å². The van der Waals surface area contributed by atoms with Crippen LogP contribution in [0.3, 0.4) is 0 Å². The van der Waals surface area contributed by atoms with E-state index in [2.05, 4.69) is 5.32 Å². The molecule has 0 spiro atoms. The van der Waals surface area contributed by atoms with E-state index in [0.29, 0.717) is 6.42 Å². The molecule has 0 fully saturated rings. The monoisotopic (exact) mass is 275 g/mol. The van der Waals surface area contributed by atoms with E-state index < -0.39 is 5.82 Å². The zero-order chi connectivity index (χ0) is 13.5. The van der Waals surface area contributed by atoms with Crippen LogP contribution >= 0.6 is 11.6 Å². The highest BCUT2D eigenvalue weighted by molar-refractivity contribution is 6.30. The average Bonchev–Trinajstić information content (AvgIpc) is 2.35. The number of rotatable bonds is 7. The molecule has 0 amide bonds. The quantitative estimate of drug-likeness (QED) is 0.776. The van der Waals surface area contributed by atoms with Gasteiger partial charge >= 0.3 is 0 Å². The third-order valence-electron chi connectivity index (χ3n) is 2.70. The van der Waals surface area contributed by atoms with Crippen LogP contribution in [-0.4, -0.2) is 33.1 Å². The van der Waals surface area contributed by atoms with Crippen molar-refractivity contribution in [2.24, 2.45) is 0 Å². The van der Waals surface area contributed by atoms with Gasteiger partial charge in [0, 0.05) is 14.2 Å². The zero-order valence-corrected chi connectivity index (χ0v) is 11.6. The molecule has 3 nitrogen and oxygen atoms in total. The normalized spacial score (nSPS) is 13.0. The van der Waals surface area contributed by atoms with Gasteiger partial charge in [0.25, 0.3) is 0 Å². The molecule has 18 heavy (non-hydrogen) atoms. The standard InChI is InChI=1S/C13H19ClFNO2/c1-4-16-12(13(17-2)18-3)8-9-5-6-10(14)11(15)7-9/h5-7,12-13,16H,4,8H2,1-3H3. The first-order valence-corrected chi connectivity index (χ1v) is 6.23. The smallest absolute Gasteiger partial charge is 0.172 e. The van der Waals surface area contributed by atoms with Crippen molar-refractivity contribution in [1.82, 2.24) is 5.32 Å². The maximum atomic E-state index is 13.4. The summed E-state index contributed by atoms with van der Waals surface area (Å²) in [6.45, 7) is 2.78. The number of benzene rings is 1. The fraction of sp³-hybridized carbons (Fsp3) is 0.538. The predicted octanol–water partition coefficient (Wildman–Crippen LogP) is 2.62. The van der Waals surface area contributed by atoms with Gasteiger partial charge in [0.15, 0.2) is 6.29 Å². The summed E-state index contributed by atoms with van der Waals surface area (Å²) >= 11 is 5.66. The maximum absolute atomic E-state index is 13.4. The molecule has 1 atom stereocenters. The maximum Gasteiger partial charge on any atom is 0.172 e. The lowest BCUT2D eigenvalue weighted by atomic mass is 10.1. The van der Waals surface area contributed by atoms with E-state index in [4.69, 9.17) is 21.1 Å². The highest BCUT2D eigenvalue weighted by atomic mass is 35.5. The molecule has 102 valence electrons. The molecular formula is C13H19ClFNO2. The second-order valence-electron chi connectivity index (χ2n) is 3.96. The third-order valence-corrected chi connectivity index (χ3v) is 3.01. The van der Waals surface area contributed by atoms with Gasteiger partial charge < -0.3 is 14.8 Å². The van der Waals surface area contributed by atoms with E-state index in [1.807, 2.05) is 6.92 Å². The van der Waals surface area contributed by atoms with Crippen molar-refractivity contribution in [2.75, 3.05) is 20.8 Å². The minimum absolute atomic E-state index is 0.0365. The van der Waals surface area contributed by atoms with E-state index in [0.717, 1.165) is 12.1 Å². The molecule has 0 saturated carbocycles. The van der Waals surface area contributed by atoms with Crippen molar-refractivity contribution in [3.8, 4) is 0 Å². The first-order valence-electron chi connectivity index (χ1n) is 5.85. The Morgan fingerprint density at radius 1 is 1.33 bits per heavy atom. The van der Waals surface area contributed by atoms with Crippen LogP contribution in [0.1, 0.15) is 12.5 Å². The number of likely N-dealkylation sites (N-methyl/N-ethyl adjacent to an activating group) is 1. The summed E-state index contributed by atoms with van der Waals surface area (Å²) in [5.41, 5.74) is 0.849. The number of hydrogen-bond acceptors (Lipinski definition) is 3.